The Kier molecular flexibility index (Phi) is 4.32. The lowest BCUT2D eigenvalue weighted by molar-refractivity contribution is 0.442. The smallest absolute Gasteiger partial charge is 0.232 e. The average molecular weight is 250 g/mol. The van der Waals surface area contributed by atoms with E-state index in [9.17, 15) is 4.89 Å². The van der Waals surface area contributed by atoms with Crippen molar-refractivity contribution in [1.82, 2.24) is 0 Å². The summed E-state index contributed by atoms with van der Waals surface area (Å²) in [5.74, 6) is 0. The Balaban J connectivity index is 1.96. The van der Waals surface area contributed by atoms with E-state index in [0.717, 1.165) is 0 Å². The first-order chi connectivity index (χ1) is 7.21. The first-order valence-electron chi connectivity index (χ1n) is 6.52. The molecule has 15 heavy (non-hydrogen) atoms. The van der Waals surface area contributed by atoms with Gasteiger partial charge in [0, 0.05) is 0 Å². The van der Waals surface area contributed by atoms with Crippen molar-refractivity contribution in [2.45, 2.75) is 75.5 Å². The second-order valence-corrected chi connectivity index (χ2v) is 9.62. The van der Waals surface area contributed by atoms with Gasteiger partial charge in [-0.2, -0.15) is 0 Å². The number of halogens is 1. The highest BCUT2D eigenvalue weighted by molar-refractivity contribution is 7.95. The van der Waals surface area contributed by atoms with Crippen LogP contribution in [0, 0.1) is 0 Å². The van der Waals surface area contributed by atoms with Crippen LogP contribution in [0.15, 0.2) is 0 Å². The third kappa shape index (κ3) is 2.87. The zero-order valence-electron chi connectivity index (χ0n) is 9.50. The lowest BCUT2D eigenvalue weighted by Crippen LogP contribution is -2.24. The zero-order chi connectivity index (χ0) is 10.7. The molecule has 0 radical (unpaired) electrons. The SMILES string of the molecule is O[P+](Cl)(C1CCCCC1)C1CCCCC1. The van der Waals surface area contributed by atoms with Crippen molar-refractivity contribution in [2.75, 3.05) is 0 Å². The standard InChI is InChI=1S/C12H23ClOP/c13-15(14,11-7-3-1-4-8-11)12-9-5-2-6-10-12/h11-12,14H,1-10H2/q+1. The summed E-state index contributed by atoms with van der Waals surface area (Å²) in [7, 11) is 0. The Bertz CT molecular complexity index is 176. The fourth-order valence-electron chi connectivity index (χ4n) is 3.18. The molecule has 0 bridgehead atoms. The lowest BCUT2D eigenvalue weighted by atomic mass is 10.00. The Hall–Kier alpha value is 0.680. The quantitative estimate of drug-likeness (QED) is 0.702. The van der Waals surface area contributed by atoms with Gasteiger partial charge in [0.15, 0.2) is 0 Å². The predicted molar refractivity (Wildman–Crippen MR) is 68.7 cm³/mol. The van der Waals surface area contributed by atoms with E-state index in [1.807, 2.05) is 0 Å². The second kappa shape index (κ2) is 5.34. The van der Waals surface area contributed by atoms with E-state index in [-0.39, 0.29) is 0 Å². The Morgan fingerprint density at radius 1 is 0.733 bits per heavy atom. The van der Waals surface area contributed by atoms with E-state index in [2.05, 4.69) is 0 Å². The van der Waals surface area contributed by atoms with Gasteiger partial charge in [-0.25, -0.2) is 4.89 Å². The van der Waals surface area contributed by atoms with Gasteiger partial charge in [0.05, 0.1) is 0 Å². The molecule has 2 saturated carbocycles. The Morgan fingerprint density at radius 3 is 1.40 bits per heavy atom. The van der Waals surface area contributed by atoms with E-state index < -0.39 is 6.84 Å². The van der Waals surface area contributed by atoms with Gasteiger partial charge < -0.3 is 0 Å². The van der Waals surface area contributed by atoms with Crippen molar-refractivity contribution in [2.24, 2.45) is 0 Å². The minimum Gasteiger partial charge on any atom is -0.232 e. The van der Waals surface area contributed by atoms with Crippen molar-refractivity contribution >= 4 is 18.1 Å². The minimum absolute atomic E-state index is 0.469. The van der Waals surface area contributed by atoms with Crippen LogP contribution in [0.1, 0.15) is 64.2 Å². The van der Waals surface area contributed by atoms with Crippen molar-refractivity contribution in [3.63, 3.8) is 0 Å². The van der Waals surface area contributed by atoms with Crippen molar-refractivity contribution < 1.29 is 4.89 Å². The van der Waals surface area contributed by atoms with Gasteiger partial charge in [-0.15, -0.1) is 0 Å². The highest BCUT2D eigenvalue weighted by Crippen LogP contribution is 2.73. The van der Waals surface area contributed by atoms with Crippen molar-refractivity contribution in [3.05, 3.63) is 0 Å². The maximum atomic E-state index is 10.6. The zero-order valence-corrected chi connectivity index (χ0v) is 11.1. The normalized spacial score (nSPS) is 26.8. The molecule has 0 aromatic rings. The summed E-state index contributed by atoms with van der Waals surface area (Å²) in [4.78, 5) is 10.6. The van der Waals surface area contributed by atoms with Gasteiger partial charge in [-0.05, 0) is 51.4 Å². The largest absolute Gasteiger partial charge is 0.245 e. The second-order valence-electron chi connectivity index (χ2n) is 5.23. The third-order valence-corrected chi connectivity index (χ3v) is 8.91. The van der Waals surface area contributed by atoms with E-state index in [1.165, 1.54) is 64.2 Å². The van der Waals surface area contributed by atoms with Gasteiger partial charge in [0.25, 0.3) is 0 Å². The summed E-state index contributed by atoms with van der Waals surface area (Å²) in [6.45, 7) is -2.12. The van der Waals surface area contributed by atoms with Crippen LogP contribution in [0.2, 0.25) is 0 Å². The molecule has 0 amide bonds. The Labute approximate surface area is 98.8 Å². The molecule has 0 heterocycles. The van der Waals surface area contributed by atoms with E-state index in [4.69, 9.17) is 11.2 Å². The minimum atomic E-state index is -2.12. The fourth-order valence-corrected chi connectivity index (χ4v) is 7.13. The van der Waals surface area contributed by atoms with Crippen molar-refractivity contribution in [3.8, 4) is 0 Å². The third-order valence-electron chi connectivity index (χ3n) is 4.17. The first kappa shape index (κ1) is 12.1. The van der Waals surface area contributed by atoms with Gasteiger partial charge in [-0.3, -0.25) is 0 Å². The maximum Gasteiger partial charge on any atom is 0.245 e. The van der Waals surface area contributed by atoms with Gasteiger partial charge in [-0.1, -0.05) is 12.8 Å². The summed E-state index contributed by atoms with van der Waals surface area (Å²) in [5, 5.41) is 0. The fraction of sp³-hybridized carbons (Fsp3) is 1.00. The van der Waals surface area contributed by atoms with Gasteiger partial charge in [0.2, 0.25) is 6.84 Å². The monoisotopic (exact) mass is 249 g/mol. The number of hydrogen-bond donors (Lipinski definition) is 1. The molecule has 1 nitrogen and oxygen atoms in total. The van der Waals surface area contributed by atoms with Crippen LogP contribution >= 0.6 is 18.1 Å². The lowest BCUT2D eigenvalue weighted by Gasteiger charge is -2.32. The molecule has 0 saturated heterocycles. The average Bonchev–Trinajstić information content (AvgIpc) is 2.31. The first-order valence-corrected chi connectivity index (χ1v) is 9.30. The summed E-state index contributed by atoms with van der Waals surface area (Å²) in [6, 6.07) is 0. The summed E-state index contributed by atoms with van der Waals surface area (Å²) < 4.78 is 0. The molecule has 2 rings (SSSR count). The molecule has 2 aliphatic rings. The molecule has 0 aliphatic heterocycles. The highest BCUT2D eigenvalue weighted by Gasteiger charge is 2.51. The van der Waals surface area contributed by atoms with Crippen LogP contribution < -0.4 is 0 Å². The van der Waals surface area contributed by atoms with Crippen LogP contribution in [-0.4, -0.2) is 16.2 Å². The van der Waals surface area contributed by atoms with Crippen LogP contribution in [0.4, 0.5) is 0 Å². The molecule has 0 atom stereocenters. The molecule has 0 aromatic heterocycles. The van der Waals surface area contributed by atoms with E-state index in [1.54, 1.807) is 0 Å². The van der Waals surface area contributed by atoms with E-state index >= 15 is 0 Å². The molecule has 2 fully saturated rings. The summed E-state index contributed by atoms with van der Waals surface area (Å²) >= 11 is 6.56. The molecule has 0 aromatic carbocycles. The molecule has 2 aliphatic carbocycles. The maximum absolute atomic E-state index is 10.6. The molecular formula is C12H23ClOP+. The summed E-state index contributed by atoms with van der Waals surface area (Å²) in [5.41, 5.74) is 0.937. The topological polar surface area (TPSA) is 20.2 Å². The molecule has 3 heteroatoms. The Morgan fingerprint density at radius 2 is 1.07 bits per heavy atom. The number of rotatable bonds is 2. The van der Waals surface area contributed by atoms with Crippen LogP contribution in [0.5, 0.6) is 0 Å². The molecule has 1 N–H and O–H groups in total. The van der Waals surface area contributed by atoms with Crippen molar-refractivity contribution in [1.29, 1.82) is 0 Å². The summed E-state index contributed by atoms with van der Waals surface area (Å²) in [6.07, 6.45) is 12.6. The molecular weight excluding hydrogens is 227 g/mol. The van der Waals surface area contributed by atoms with Crippen LogP contribution in [0.3, 0.4) is 0 Å². The van der Waals surface area contributed by atoms with Crippen LogP contribution in [-0.2, 0) is 0 Å². The van der Waals surface area contributed by atoms with Gasteiger partial charge in [0.1, 0.15) is 22.6 Å². The number of hydrogen-bond acceptors (Lipinski definition) is 1. The predicted octanol–water partition coefficient (Wildman–Crippen LogP) is 4.73. The van der Waals surface area contributed by atoms with Crippen LogP contribution in [0.25, 0.3) is 0 Å². The highest BCUT2D eigenvalue weighted by atomic mass is 35.7. The molecule has 0 spiro atoms. The van der Waals surface area contributed by atoms with Gasteiger partial charge >= 0.3 is 0 Å². The molecule has 0 unspecified atom stereocenters. The molecule has 88 valence electrons. The van der Waals surface area contributed by atoms with E-state index in [0.29, 0.717) is 11.3 Å².